The molecule has 6 nitrogen and oxygen atoms in total. The number of methoxy groups -OCH3 is 1. The summed E-state index contributed by atoms with van der Waals surface area (Å²) in [6.45, 7) is 0.390. The van der Waals surface area contributed by atoms with Crippen LogP contribution in [0.15, 0.2) is 72.8 Å². The molecule has 0 aromatic heterocycles. The number of anilines is 1. The molecule has 2 N–H and O–H groups in total. The second kappa shape index (κ2) is 10.3. The lowest BCUT2D eigenvalue weighted by atomic mass is 9.98. The highest BCUT2D eigenvalue weighted by atomic mass is 32.1. The zero-order valence-electron chi connectivity index (χ0n) is 17.3. The van der Waals surface area contributed by atoms with E-state index in [1.165, 1.54) is 7.11 Å². The molecule has 7 heteroatoms. The third-order valence-corrected chi connectivity index (χ3v) is 5.08. The standard InChI is InChI=1S/C24H22N4O2S/c1-26-24(31)28(22-11-7-6-10-21(22)23(29)30-2)27-16-17-12-13-20(19(14-17)15-25)18-8-4-3-5-9-18/h3-14,27H,16H2,1-2H3,(H,26,31). The van der Waals surface area contributed by atoms with Crippen molar-refractivity contribution in [3.63, 3.8) is 0 Å². The summed E-state index contributed by atoms with van der Waals surface area (Å²) in [7, 11) is 3.05. The Morgan fingerprint density at radius 2 is 1.81 bits per heavy atom. The molecule has 0 aliphatic heterocycles. The van der Waals surface area contributed by atoms with Crippen LogP contribution in [-0.2, 0) is 11.3 Å². The average molecular weight is 431 g/mol. The first kappa shape index (κ1) is 22.0. The van der Waals surface area contributed by atoms with Gasteiger partial charge in [-0.2, -0.15) is 5.26 Å². The van der Waals surface area contributed by atoms with Crippen LogP contribution in [0.5, 0.6) is 0 Å². The molecule has 0 unspecified atom stereocenters. The summed E-state index contributed by atoms with van der Waals surface area (Å²) >= 11 is 5.44. The van der Waals surface area contributed by atoms with Gasteiger partial charge in [0.25, 0.3) is 0 Å². The third kappa shape index (κ3) is 5.07. The average Bonchev–Trinajstić information content (AvgIpc) is 2.84. The van der Waals surface area contributed by atoms with Crippen LogP contribution in [0, 0.1) is 11.3 Å². The number of hydrogen-bond acceptors (Lipinski definition) is 5. The number of hydrazine groups is 1. The molecule has 156 valence electrons. The van der Waals surface area contributed by atoms with E-state index in [1.807, 2.05) is 54.6 Å². The van der Waals surface area contributed by atoms with Crippen molar-refractivity contribution in [1.82, 2.24) is 10.7 Å². The van der Waals surface area contributed by atoms with E-state index in [4.69, 9.17) is 17.0 Å². The summed E-state index contributed by atoms with van der Waals surface area (Å²) in [4.78, 5) is 12.2. The molecule has 0 atom stereocenters. The van der Waals surface area contributed by atoms with Gasteiger partial charge in [-0.1, -0.05) is 54.6 Å². The first-order valence-electron chi connectivity index (χ1n) is 9.60. The third-order valence-electron chi connectivity index (χ3n) is 4.70. The summed E-state index contributed by atoms with van der Waals surface area (Å²) in [5.74, 6) is -0.458. The molecule has 0 heterocycles. The highest BCUT2D eigenvalue weighted by Gasteiger charge is 2.19. The fraction of sp³-hybridized carbons (Fsp3) is 0.125. The van der Waals surface area contributed by atoms with Gasteiger partial charge < -0.3 is 10.1 Å². The van der Waals surface area contributed by atoms with Gasteiger partial charge in [0.05, 0.1) is 30.0 Å². The van der Waals surface area contributed by atoms with E-state index in [0.29, 0.717) is 28.5 Å². The Morgan fingerprint density at radius 3 is 2.48 bits per heavy atom. The number of carbonyl (C=O) groups excluding carboxylic acids is 1. The van der Waals surface area contributed by atoms with E-state index in [9.17, 15) is 10.1 Å². The van der Waals surface area contributed by atoms with Crippen LogP contribution in [0.25, 0.3) is 11.1 Å². The van der Waals surface area contributed by atoms with E-state index in [2.05, 4.69) is 16.8 Å². The number of nitriles is 1. The predicted molar refractivity (Wildman–Crippen MR) is 125 cm³/mol. The number of benzene rings is 3. The van der Waals surface area contributed by atoms with Crippen LogP contribution in [0.3, 0.4) is 0 Å². The number of carbonyl (C=O) groups is 1. The molecule has 3 aromatic rings. The largest absolute Gasteiger partial charge is 0.465 e. The molecule has 3 rings (SSSR count). The fourth-order valence-electron chi connectivity index (χ4n) is 3.16. The molecule has 3 aromatic carbocycles. The Labute approximate surface area is 187 Å². The first-order chi connectivity index (χ1) is 15.1. The quantitative estimate of drug-likeness (QED) is 0.347. The van der Waals surface area contributed by atoms with E-state index >= 15 is 0 Å². The molecule has 31 heavy (non-hydrogen) atoms. The van der Waals surface area contributed by atoms with Crippen molar-refractivity contribution in [3.05, 3.63) is 89.5 Å². The Morgan fingerprint density at radius 1 is 1.10 bits per heavy atom. The number of hydrogen-bond donors (Lipinski definition) is 2. The number of rotatable bonds is 6. The molecule has 0 fully saturated rings. The van der Waals surface area contributed by atoms with Gasteiger partial charge in [-0.15, -0.1) is 0 Å². The molecule has 0 saturated heterocycles. The SMILES string of the molecule is CNC(=S)N(NCc1ccc(-c2ccccc2)c(C#N)c1)c1ccccc1C(=O)OC. The normalized spacial score (nSPS) is 10.1. The van der Waals surface area contributed by atoms with Crippen molar-refractivity contribution >= 4 is 29.0 Å². The number of thiocarbonyl (C=S) groups is 1. The summed E-state index contributed by atoms with van der Waals surface area (Å²) in [5.41, 5.74) is 7.55. The highest BCUT2D eigenvalue weighted by molar-refractivity contribution is 7.80. The van der Waals surface area contributed by atoms with Crippen molar-refractivity contribution in [2.75, 3.05) is 19.2 Å². The Hall–Kier alpha value is -3.73. The minimum Gasteiger partial charge on any atom is -0.465 e. The van der Waals surface area contributed by atoms with Gasteiger partial charge in [0.2, 0.25) is 0 Å². The smallest absolute Gasteiger partial charge is 0.340 e. The van der Waals surface area contributed by atoms with Crippen molar-refractivity contribution in [3.8, 4) is 17.2 Å². The van der Waals surface area contributed by atoms with Crippen molar-refractivity contribution in [1.29, 1.82) is 5.26 Å². The molecular formula is C24H22N4O2S. The molecular weight excluding hydrogens is 408 g/mol. The van der Waals surface area contributed by atoms with Crippen molar-refractivity contribution < 1.29 is 9.53 Å². The second-order valence-corrected chi connectivity index (χ2v) is 6.98. The van der Waals surface area contributed by atoms with Gasteiger partial charge in [-0.25, -0.2) is 10.2 Å². The summed E-state index contributed by atoms with van der Waals surface area (Å²) in [6, 6.07) is 24.9. The zero-order valence-corrected chi connectivity index (χ0v) is 18.1. The number of ether oxygens (including phenoxy) is 1. The van der Waals surface area contributed by atoms with Crippen LogP contribution < -0.4 is 15.8 Å². The molecule has 0 aliphatic rings. The van der Waals surface area contributed by atoms with Crippen LogP contribution >= 0.6 is 12.2 Å². The Balaban J connectivity index is 1.88. The molecule has 0 saturated carbocycles. The first-order valence-corrected chi connectivity index (χ1v) is 10.0. The molecule has 0 spiro atoms. The van der Waals surface area contributed by atoms with Crippen molar-refractivity contribution in [2.24, 2.45) is 0 Å². The van der Waals surface area contributed by atoms with Crippen LogP contribution in [0.4, 0.5) is 5.69 Å². The maximum Gasteiger partial charge on any atom is 0.340 e. The van der Waals surface area contributed by atoms with Gasteiger partial charge in [0, 0.05) is 13.6 Å². The molecule has 0 aliphatic carbocycles. The van der Waals surface area contributed by atoms with Crippen LogP contribution in [0.2, 0.25) is 0 Å². The Kier molecular flexibility index (Phi) is 7.33. The van der Waals surface area contributed by atoms with Gasteiger partial charge in [-0.3, -0.25) is 5.01 Å². The number of esters is 1. The maximum atomic E-state index is 12.2. The molecule has 0 bridgehead atoms. The number of nitrogens with zero attached hydrogens (tertiary/aromatic N) is 2. The van der Waals surface area contributed by atoms with Crippen LogP contribution in [0.1, 0.15) is 21.5 Å². The number of nitrogens with one attached hydrogen (secondary N) is 2. The van der Waals surface area contributed by atoms with Crippen molar-refractivity contribution in [2.45, 2.75) is 6.54 Å². The van der Waals surface area contributed by atoms with Gasteiger partial charge in [0.1, 0.15) is 0 Å². The minimum absolute atomic E-state index is 0.382. The summed E-state index contributed by atoms with van der Waals surface area (Å²) < 4.78 is 4.90. The Bertz CT molecular complexity index is 1130. The fourth-order valence-corrected chi connectivity index (χ4v) is 3.33. The lowest BCUT2D eigenvalue weighted by Gasteiger charge is -2.27. The summed E-state index contributed by atoms with van der Waals surface area (Å²) in [5, 5.41) is 14.6. The zero-order chi connectivity index (χ0) is 22.2. The van der Waals surface area contributed by atoms with Crippen LogP contribution in [-0.4, -0.2) is 25.2 Å². The van der Waals surface area contributed by atoms with Gasteiger partial charge >= 0.3 is 5.97 Å². The molecule has 0 radical (unpaired) electrons. The summed E-state index contributed by atoms with van der Waals surface area (Å²) in [6.07, 6.45) is 0. The highest BCUT2D eigenvalue weighted by Crippen LogP contribution is 2.25. The predicted octanol–water partition coefficient (Wildman–Crippen LogP) is 4.03. The van der Waals surface area contributed by atoms with E-state index in [1.54, 1.807) is 30.3 Å². The minimum atomic E-state index is -0.458. The lowest BCUT2D eigenvalue weighted by Crippen LogP contribution is -2.47. The van der Waals surface area contributed by atoms with E-state index in [-0.39, 0.29) is 0 Å². The van der Waals surface area contributed by atoms with E-state index < -0.39 is 5.97 Å². The second-order valence-electron chi connectivity index (χ2n) is 6.59. The topological polar surface area (TPSA) is 77.4 Å². The van der Waals surface area contributed by atoms with Gasteiger partial charge in [0.15, 0.2) is 5.11 Å². The lowest BCUT2D eigenvalue weighted by molar-refractivity contribution is 0.0601. The number of para-hydroxylation sites is 1. The van der Waals surface area contributed by atoms with Gasteiger partial charge in [-0.05, 0) is 47.1 Å². The maximum absolute atomic E-state index is 12.2. The monoisotopic (exact) mass is 430 g/mol. The molecule has 0 amide bonds. The van der Waals surface area contributed by atoms with E-state index in [0.717, 1.165) is 16.7 Å².